The molecule has 0 bridgehead atoms. The number of urea groups is 1. The van der Waals surface area contributed by atoms with Crippen molar-refractivity contribution in [1.29, 1.82) is 0 Å². The molecule has 8 heterocycles. The number of aromatic nitrogens is 2. The summed E-state index contributed by atoms with van der Waals surface area (Å²) in [5.74, 6) is 1.84. The molecule has 5 fully saturated rings. The number of quaternary nitrogens is 1. The Morgan fingerprint density at radius 2 is 1.56 bits per heavy atom. The molecular formula is C49H55N12O5+. The van der Waals surface area contributed by atoms with Crippen LogP contribution in [-0.2, 0) is 16.1 Å². The van der Waals surface area contributed by atoms with Crippen molar-refractivity contribution in [3.8, 4) is 11.5 Å². The number of piperazine rings is 1. The molecule has 4 aromatic rings. The van der Waals surface area contributed by atoms with Crippen molar-refractivity contribution in [3.05, 3.63) is 113 Å². The number of hydrogen-bond donors (Lipinski definition) is 3. The van der Waals surface area contributed by atoms with Crippen LogP contribution in [0.3, 0.4) is 0 Å². The number of anilines is 2. The third-order valence-corrected chi connectivity index (χ3v) is 14.5. The second kappa shape index (κ2) is 17.6. The minimum atomic E-state index is -0.612. The number of para-hydroxylation sites is 1. The van der Waals surface area contributed by atoms with Crippen LogP contribution >= 0.6 is 0 Å². The summed E-state index contributed by atoms with van der Waals surface area (Å²) >= 11 is 0. The van der Waals surface area contributed by atoms with E-state index in [4.69, 9.17) is 15.6 Å². The molecule has 5 amide bonds. The first-order valence-corrected chi connectivity index (χ1v) is 23.4. The lowest BCUT2D eigenvalue weighted by atomic mass is 9.99. The molecule has 17 heteroatoms. The summed E-state index contributed by atoms with van der Waals surface area (Å²) in [6.07, 6.45) is 8.25. The summed E-state index contributed by atoms with van der Waals surface area (Å²) < 4.78 is 6.02. The van der Waals surface area contributed by atoms with Gasteiger partial charge in [-0.05, 0) is 104 Å². The number of nitrogens with two attached hydrogens (primary N) is 1. The van der Waals surface area contributed by atoms with Crippen molar-refractivity contribution in [2.24, 2.45) is 5.10 Å². The number of likely N-dealkylation sites (tertiary alicyclic amines) is 3. The molecule has 0 saturated carbocycles. The normalized spacial score (nSPS) is 23.7. The van der Waals surface area contributed by atoms with E-state index in [0.29, 0.717) is 36.4 Å². The average Bonchev–Trinajstić information content (AvgIpc) is 3.86. The van der Waals surface area contributed by atoms with Gasteiger partial charge < -0.3 is 30.1 Å². The number of carbonyl (C=O) groups excluding carboxylic acids is 4. The number of ether oxygens (including phenoxy) is 1. The maximum atomic E-state index is 13.7. The lowest BCUT2D eigenvalue weighted by Crippen LogP contribution is -2.96. The Balaban J connectivity index is 0.646. The zero-order valence-corrected chi connectivity index (χ0v) is 37.0. The van der Waals surface area contributed by atoms with Crippen LogP contribution in [0.25, 0.3) is 0 Å². The summed E-state index contributed by atoms with van der Waals surface area (Å²) in [5.41, 5.74) is 12.8. The number of fused-ring (bicyclic) bond motifs is 2. The van der Waals surface area contributed by atoms with Crippen LogP contribution in [0.5, 0.6) is 11.5 Å². The van der Waals surface area contributed by atoms with Gasteiger partial charge in [0.15, 0.2) is 0 Å². The molecule has 66 heavy (non-hydrogen) atoms. The molecule has 5 saturated heterocycles. The van der Waals surface area contributed by atoms with Crippen molar-refractivity contribution in [1.82, 2.24) is 39.8 Å². The summed E-state index contributed by atoms with van der Waals surface area (Å²) in [6, 6.07) is 23.9. The quantitative estimate of drug-likeness (QED) is 0.222. The van der Waals surface area contributed by atoms with Crippen LogP contribution in [-0.4, -0.2) is 148 Å². The van der Waals surface area contributed by atoms with Crippen LogP contribution in [0.1, 0.15) is 65.6 Å². The molecule has 1 aromatic heterocycles. The smallest absolute Gasteiger partial charge is 0.320 e. The highest BCUT2D eigenvalue weighted by molar-refractivity contribution is 6.18. The van der Waals surface area contributed by atoms with Gasteiger partial charge in [-0.2, -0.15) is 4.98 Å². The Labute approximate surface area is 383 Å². The first-order chi connectivity index (χ1) is 32.2. The van der Waals surface area contributed by atoms with Crippen molar-refractivity contribution in [2.45, 2.75) is 63.2 Å². The van der Waals surface area contributed by atoms with Crippen LogP contribution in [0, 0.1) is 0 Å². The van der Waals surface area contributed by atoms with Crippen LogP contribution < -0.4 is 25.7 Å². The molecule has 0 spiro atoms. The van der Waals surface area contributed by atoms with Gasteiger partial charge in [0.1, 0.15) is 47.2 Å². The van der Waals surface area contributed by atoms with Gasteiger partial charge in [-0.3, -0.25) is 29.5 Å². The van der Waals surface area contributed by atoms with E-state index in [1.165, 1.54) is 11.9 Å². The molecule has 2 unspecified atom stereocenters. The zero-order chi connectivity index (χ0) is 44.9. The number of nitrogens with zero attached hydrogens (tertiary/aromatic N) is 9. The number of benzene rings is 3. The molecular weight excluding hydrogens is 837 g/mol. The summed E-state index contributed by atoms with van der Waals surface area (Å²) in [6.45, 7) is 8.90. The highest BCUT2D eigenvalue weighted by atomic mass is 16.5. The van der Waals surface area contributed by atoms with Crippen molar-refractivity contribution >= 4 is 46.8 Å². The number of amides is 5. The van der Waals surface area contributed by atoms with Gasteiger partial charge in [0.2, 0.25) is 11.8 Å². The number of nitrogens with one attached hydrogen (secondary N) is 2. The number of hydrogen-bond acceptors (Lipinski definition) is 12. The molecule has 7 aliphatic rings. The summed E-state index contributed by atoms with van der Waals surface area (Å²) in [7, 11) is 0. The third-order valence-electron chi connectivity index (χ3n) is 14.5. The lowest BCUT2D eigenvalue weighted by Gasteiger charge is -2.49. The molecule has 4 N–H and O–H groups in total. The fourth-order valence-corrected chi connectivity index (χ4v) is 10.8. The summed E-state index contributed by atoms with van der Waals surface area (Å²) in [5, 5.41) is 8.27. The van der Waals surface area contributed by atoms with E-state index in [2.05, 4.69) is 47.2 Å². The molecule has 0 radical (unpaired) electrons. The fraction of sp³-hybridized carbons (Fsp3) is 0.408. The Morgan fingerprint density at radius 1 is 0.788 bits per heavy atom. The third kappa shape index (κ3) is 8.15. The first kappa shape index (κ1) is 42.0. The largest absolute Gasteiger partial charge is 0.457 e. The molecule has 340 valence electrons. The average molecular weight is 892 g/mol. The van der Waals surface area contributed by atoms with E-state index in [1.54, 1.807) is 4.90 Å². The Morgan fingerprint density at radius 3 is 2.33 bits per heavy atom. The van der Waals surface area contributed by atoms with Crippen LogP contribution in [0.15, 0.2) is 96.0 Å². The monoisotopic (exact) mass is 891 g/mol. The van der Waals surface area contributed by atoms with Gasteiger partial charge in [-0.15, -0.1) is 5.01 Å². The molecule has 2 atom stereocenters. The van der Waals surface area contributed by atoms with Gasteiger partial charge in [-0.1, -0.05) is 23.3 Å². The second-order valence-electron chi connectivity index (χ2n) is 18.5. The number of nitrogen functional groups attached to an aromatic ring is 1. The van der Waals surface area contributed by atoms with E-state index in [9.17, 15) is 19.2 Å². The standard InChI is InChI=1S/C49H54N12O5/c50-45-43-44(33-8-11-39(12-9-33)66-38-6-2-1-3-7-38)54-61(46(43)52-31-51-45)27-32-5-4-18-58(26-32)37-29-59(30-37)49(65)57-19-16-35(17-20-57)55-21-23-56(24-22-55)36-10-13-40-34(25-36)28-60(48(40)64)41-14-15-42(62)53-47(41)63/h1-3,6-13,25,27,31,35,37,41H,4-5,14-24,26,28-30H2,(H2,50,51,52)(H,53,62,63)/p+1. The molecule has 3 aromatic carbocycles. The predicted molar refractivity (Wildman–Crippen MR) is 246 cm³/mol. The molecule has 0 aliphatic carbocycles. The molecule has 11 rings (SSSR count). The SMILES string of the molecule is Nc1ncnc2c1C(c1ccc(Oc3ccccc3)cc1)=N[NH+]2C=C1CCCN(C2CN(C(=O)N3CCC(N4CCN(c5ccc6c(c5)CN(C5CCC(=O)NC5=O)C6=O)CC4)CC3)C2)C1. The maximum absolute atomic E-state index is 13.7. The van der Waals surface area contributed by atoms with E-state index in [-0.39, 0.29) is 30.2 Å². The van der Waals surface area contributed by atoms with Gasteiger partial charge in [-0.25, -0.2) is 9.78 Å². The fourth-order valence-electron chi connectivity index (χ4n) is 10.8. The Kier molecular flexibility index (Phi) is 11.2. The highest BCUT2D eigenvalue weighted by Gasteiger charge is 2.42. The highest BCUT2D eigenvalue weighted by Crippen LogP contribution is 2.33. The predicted octanol–water partition coefficient (Wildman–Crippen LogP) is 2.97. The lowest BCUT2D eigenvalue weighted by molar-refractivity contribution is -0.782. The number of rotatable bonds is 8. The molecule has 7 aliphatic heterocycles. The van der Waals surface area contributed by atoms with E-state index in [0.717, 1.165) is 142 Å². The minimum Gasteiger partial charge on any atom is -0.457 e. The van der Waals surface area contributed by atoms with E-state index >= 15 is 0 Å². The van der Waals surface area contributed by atoms with Crippen molar-refractivity contribution in [3.63, 3.8) is 0 Å². The van der Waals surface area contributed by atoms with E-state index in [1.807, 2.05) is 71.6 Å². The molecule has 17 nitrogen and oxygen atoms in total. The van der Waals surface area contributed by atoms with Gasteiger partial charge in [0.05, 0.1) is 0 Å². The second-order valence-corrected chi connectivity index (χ2v) is 18.5. The Bertz CT molecular complexity index is 2600. The maximum Gasteiger partial charge on any atom is 0.320 e. The topological polar surface area (TPSA) is 178 Å². The van der Waals surface area contributed by atoms with Gasteiger partial charge >= 0.3 is 6.03 Å². The van der Waals surface area contributed by atoms with Crippen molar-refractivity contribution < 1.29 is 28.9 Å². The van der Waals surface area contributed by atoms with Gasteiger partial charge in [0.25, 0.3) is 11.7 Å². The van der Waals surface area contributed by atoms with E-state index < -0.39 is 6.04 Å². The van der Waals surface area contributed by atoms with Crippen molar-refractivity contribution in [2.75, 3.05) is 76.1 Å². The first-order valence-electron chi connectivity index (χ1n) is 23.4. The van der Waals surface area contributed by atoms with Crippen LogP contribution in [0.2, 0.25) is 0 Å². The Hall–Kier alpha value is -6.69. The zero-order valence-electron chi connectivity index (χ0n) is 37.0. The van der Waals surface area contributed by atoms with Gasteiger partial charge in [0, 0.05) is 101 Å². The number of carbonyl (C=O) groups is 4. The number of imide groups is 1. The number of piperidine rings is 3. The minimum absolute atomic E-state index is 0.146. The van der Waals surface area contributed by atoms with Crippen LogP contribution in [0.4, 0.5) is 22.1 Å². The summed E-state index contributed by atoms with van der Waals surface area (Å²) in [4.78, 5) is 73.2.